The standard InChI is InChI=1S/C44H52N6O7S2/c1-26(2)36-25-58-41(47-36)35-22-33-27(3)38(56-4)20-19-32(33)40(46-35)57-30-21-37-39(51)48-44(43(53)49-59(54,55)31-17-18-31)23-28(44)13-9-6-5-7-12-16-34(42(52)50(37)24-30)45-29-14-10-8-11-15-29/h8-11,13-15,19-20,22,25-26,28,30-31,34,37,45H,5-7,12,16-18,21,23-24H2,1-4H3,(H,48,51)(H,49,53)/b13-9-/t28-,30-,34+,37+,44-/m1/s1. The molecule has 4 aromatic rings. The zero-order valence-electron chi connectivity index (χ0n) is 33.9. The third kappa shape index (κ3) is 8.54. The molecule has 2 aromatic heterocycles. The van der Waals surface area contributed by atoms with Gasteiger partial charge in [0.15, 0.2) is 0 Å². The number of hydrogen-bond donors (Lipinski definition) is 3. The number of anilines is 1. The number of benzene rings is 2. The number of rotatable bonds is 10. The lowest BCUT2D eigenvalue weighted by Crippen LogP contribution is -2.57. The molecule has 312 valence electrons. The van der Waals surface area contributed by atoms with E-state index in [1.54, 1.807) is 12.0 Å². The van der Waals surface area contributed by atoms with Gasteiger partial charge in [-0.25, -0.2) is 18.4 Å². The van der Waals surface area contributed by atoms with E-state index >= 15 is 0 Å². The predicted octanol–water partition coefficient (Wildman–Crippen LogP) is 6.63. The molecule has 8 rings (SSSR count). The third-order valence-corrected chi connectivity index (χ3v) is 14.7. The number of sulfonamides is 1. The second kappa shape index (κ2) is 16.6. The number of hydrogen-bond acceptors (Lipinski definition) is 11. The second-order valence-electron chi connectivity index (χ2n) is 16.6. The fourth-order valence-electron chi connectivity index (χ4n) is 8.25. The van der Waals surface area contributed by atoms with Crippen LogP contribution in [-0.2, 0) is 24.4 Å². The van der Waals surface area contributed by atoms with Gasteiger partial charge in [-0.2, -0.15) is 0 Å². The van der Waals surface area contributed by atoms with E-state index in [9.17, 15) is 22.8 Å². The summed E-state index contributed by atoms with van der Waals surface area (Å²) in [7, 11) is -2.25. The Bertz CT molecular complexity index is 2380. The van der Waals surface area contributed by atoms with Crippen LogP contribution in [0.3, 0.4) is 0 Å². The van der Waals surface area contributed by atoms with E-state index in [1.165, 1.54) is 11.3 Å². The molecule has 1 saturated heterocycles. The van der Waals surface area contributed by atoms with Gasteiger partial charge in [-0.1, -0.05) is 57.0 Å². The van der Waals surface area contributed by atoms with Crippen molar-refractivity contribution in [1.82, 2.24) is 24.9 Å². The third-order valence-electron chi connectivity index (χ3n) is 12.0. The van der Waals surface area contributed by atoms with Gasteiger partial charge < -0.3 is 25.0 Å². The second-order valence-corrected chi connectivity index (χ2v) is 19.4. The van der Waals surface area contributed by atoms with Crippen molar-refractivity contribution in [1.29, 1.82) is 0 Å². The summed E-state index contributed by atoms with van der Waals surface area (Å²) in [6.45, 7) is 6.25. The summed E-state index contributed by atoms with van der Waals surface area (Å²) in [4.78, 5) is 54.8. The van der Waals surface area contributed by atoms with Gasteiger partial charge in [0.05, 0.1) is 24.6 Å². The average molecular weight is 841 g/mol. The van der Waals surface area contributed by atoms with Gasteiger partial charge in [-0.05, 0) is 92.6 Å². The number of pyridine rings is 1. The average Bonchev–Trinajstić information content (AvgIpc) is 4.09. The van der Waals surface area contributed by atoms with Crippen molar-refractivity contribution in [3.8, 4) is 22.3 Å². The minimum absolute atomic E-state index is 0.0831. The van der Waals surface area contributed by atoms with E-state index in [-0.39, 0.29) is 31.2 Å². The Morgan fingerprint density at radius 2 is 1.83 bits per heavy atom. The van der Waals surface area contributed by atoms with Gasteiger partial charge in [0.1, 0.15) is 40.2 Å². The minimum Gasteiger partial charge on any atom is -0.496 e. The summed E-state index contributed by atoms with van der Waals surface area (Å²) >= 11 is 1.51. The molecule has 2 aromatic carbocycles. The van der Waals surface area contributed by atoms with Gasteiger partial charge in [-0.3, -0.25) is 19.1 Å². The van der Waals surface area contributed by atoms with Crippen molar-refractivity contribution in [2.75, 3.05) is 19.0 Å². The monoisotopic (exact) mass is 840 g/mol. The first-order valence-electron chi connectivity index (χ1n) is 20.6. The predicted molar refractivity (Wildman–Crippen MR) is 228 cm³/mol. The topological polar surface area (TPSA) is 169 Å². The van der Waals surface area contributed by atoms with Crippen LogP contribution in [0.1, 0.15) is 88.8 Å². The molecule has 4 aliphatic rings. The van der Waals surface area contributed by atoms with Crippen LogP contribution in [0.15, 0.2) is 66.1 Å². The number of carbonyl (C=O) groups excluding carboxylic acids is 3. The van der Waals surface area contributed by atoms with Gasteiger partial charge in [0.25, 0.3) is 5.91 Å². The maximum absolute atomic E-state index is 14.8. The molecule has 2 aliphatic carbocycles. The highest BCUT2D eigenvalue weighted by atomic mass is 32.2. The number of carbonyl (C=O) groups is 3. The number of thiazole rings is 1. The maximum atomic E-state index is 14.8. The van der Waals surface area contributed by atoms with Crippen LogP contribution in [0, 0.1) is 12.8 Å². The Labute approximate surface area is 349 Å². The number of nitrogens with zero attached hydrogens (tertiary/aromatic N) is 3. The van der Waals surface area contributed by atoms with Gasteiger partial charge in [-0.15, -0.1) is 11.3 Å². The summed E-state index contributed by atoms with van der Waals surface area (Å²) in [6, 6.07) is 13.6. The molecule has 0 spiro atoms. The Morgan fingerprint density at radius 1 is 1.03 bits per heavy atom. The van der Waals surface area contributed by atoms with E-state index in [0.29, 0.717) is 36.6 Å². The van der Waals surface area contributed by atoms with Crippen molar-refractivity contribution < 1.29 is 32.3 Å². The van der Waals surface area contributed by atoms with E-state index in [2.05, 4.69) is 29.2 Å². The fraction of sp³-hybridized carbons (Fsp3) is 0.477. The van der Waals surface area contributed by atoms with Crippen LogP contribution in [0.25, 0.3) is 21.5 Å². The molecule has 15 heteroatoms. The Morgan fingerprint density at radius 3 is 2.56 bits per heavy atom. The summed E-state index contributed by atoms with van der Waals surface area (Å²) in [5.74, 6) is -0.639. The zero-order valence-corrected chi connectivity index (χ0v) is 35.5. The molecular weight excluding hydrogens is 789 g/mol. The molecule has 0 radical (unpaired) electrons. The molecule has 2 aliphatic heterocycles. The van der Waals surface area contributed by atoms with Crippen LogP contribution < -0.4 is 24.8 Å². The smallest absolute Gasteiger partial charge is 0.259 e. The highest BCUT2D eigenvalue weighted by Crippen LogP contribution is 2.46. The summed E-state index contributed by atoms with van der Waals surface area (Å²) in [6.07, 6.45) is 8.47. The molecule has 5 atom stereocenters. The van der Waals surface area contributed by atoms with Gasteiger partial charge >= 0.3 is 0 Å². The molecule has 13 nitrogen and oxygen atoms in total. The number of amides is 3. The van der Waals surface area contributed by atoms with Crippen LogP contribution in [-0.4, -0.2) is 83.6 Å². The molecule has 0 bridgehead atoms. The lowest BCUT2D eigenvalue weighted by Gasteiger charge is -2.30. The van der Waals surface area contributed by atoms with Crippen LogP contribution in [0.2, 0.25) is 0 Å². The van der Waals surface area contributed by atoms with Gasteiger partial charge in [0.2, 0.25) is 27.7 Å². The van der Waals surface area contributed by atoms with Crippen LogP contribution in [0.4, 0.5) is 5.69 Å². The number of aryl methyl sites for hydroxylation is 1. The van der Waals surface area contributed by atoms with Gasteiger partial charge in [0, 0.05) is 28.8 Å². The highest BCUT2D eigenvalue weighted by molar-refractivity contribution is 7.91. The zero-order chi connectivity index (χ0) is 41.5. The van der Waals surface area contributed by atoms with E-state index in [1.807, 2.05) is 73.0 Å². The highest BCUT2D eigenvalue weighted by Gasteiger charge is 2.62. The van der Waals surface area contributed by atoms with Crippen LogP contribution >= 0.6 is 11.3 Å². The molecule has 3 N–H and O–H groups in total. The molecule has 3 amide bonds. The lowest BCUT2D eigenvalue weighted by atomic mass is 10.0. The van der Waals surface area contributed by atoms with Crippen molar-refractivity contribution >= 4 is 55.5 Å². The summed E-state index contributed by atoms with van der Waals surface area (Å²) in [5, 5.41) is 10.2. The molecule has 3 fully saturated rings. The van der Waals surface area contributed by atoms with E-state index < -0.39 is 56.7 Å². The quantitative estimate of drug-likeness (QED) is 0.148. The minimum atomic E-state index is -3.88. The summed E-state index contributed by atoms with van der Waals surface area (Å²) < 4.78 is 40.7. The van der Waals surface area contributed by atoms with E-state index in [4.69, 9.17) is 19.4 Å². The first-order chi connectivity index (χ1) is 28.4. The molecule has 0 unspecified atom stereocenters. The number of fused-ring (bicyclic) bond motifs is 3. The SMILES string of the molecule is COc1ccc2c(O[C@@H]3C[C@H]4C(=O)N[C@]5(C(=O)NS(=O)(=O)C6CC6)C[C@H]5/C=C\CCCCC[C@H](Nc5ccccc5)C(=O)N4C3)nc(-c3nc(C(C)C)cs3)cc2c1C. The largest absolute Gasteiger partial charge is 0.496 e. The van der Waals surface area contributed by atoms with E-state index in [0.717, 1.165) is 58.4 Å². The van der Waals surface area contributed by atoms with Crippen molar-refractivity contribution in [2.45, 2.75) is 113 Å². The van der Waals surface area contributed by atoms with Crippen molar-refractivity contribution in [3.05, 3.63) is 77.3 Å². The Hall–Kier alpha value is -5.02. The maximum Gasteiger partial charge on any atom is 0.259 e. The number of methoxy groups -OCH3 is 1. The Kier molecular flexibility index (Phi) is 11.4. The first kappa shape index (κ1) is 40.7. The number of nitrogens with one attached hydrogen (secondary N) is 3. The number of aromatic nitrogens is 2. The van der Waals surface area contributed by atoms with Crippen molar-refractivity contribution in [2.24, 2.45) is 5.92 Å². The number of para-hydroxylation sites is 1. The fourth-order valence-corrected chi connectivity index (χ4v) is 10.6. The molecule has 59 heavy (non-hydrogen) atoms. The summed E-state index contributed by atoms with van der Waals surface area (Å²) in [5.41, 5.74) is 1.83. The van der Waals surface area contributed by atoms with Crippen molar-refractivity contribution in [3.63, 3.8) is 0 Å². The normalized spacial score (nSPS) is 25.6. The Balaban J connectivity index is 1.15. The molecule has 4 heterocycles. The number of allylic oxidation sites excluding steroid dienone is 1. The number of ether oxygens (including phenoxy) is 2. The van der Waals surface area contributed by atoms with Crippen LogP contribution in [0.5, 0.6) is 11.6 Å². The first-order valence-corrected chi connectivity index (χ1v) is 23.1. The lowest BCUT2D eigenvalue weighted by molar-refractivity contribution is -0.140. The molecular formula is C44H52N6O7S2. The molecule has 2 saturated carbocycles.